The van der Waals surface area contributed by atoms with Crippen LogP contribution in [0.15, 0.2) is 128 Å². The molecule has 0 atom stereocenters. The summed E-state index contributed by atoms with van der Waals surface area (Å²) in [6.07, 6.45) is 5.24. The summed E-state index contributed by atoms with van der Waals surface area (Å²) in [7, 11) is 0. The minimum atomic E-state index is 0. The van der Waals surface area contributed by atoms with E-state index in [-0.39, 0.29) is 61.2 Å². The van der Waals surface area contributed by atoms with Crippen molar-refractivity contribution in [1.82, 2.24) is 15.0 Å². The fraction of sp³-hybridized carbons (Fsp3) is 0. The number of hydrogen-bond acceptors (Lipinski definition) is 3. The second kappa shape index (κ2) is 15.6. The Morgan fingerprint density at radius 1 is 0.512 bits per heavy atom. The molecule has 0 aliphatic rings. The monoisotopic (exact) mass is 776 g/mol. The summed E-state index contributed by atoms with van der Waals surface area (Å²) in [5.41, 5.74) is 4.70. The molecule has 0 aliphatic heterocycles. The Labute approximate surface area is 281 Å². The number of nitrogens with zero attached hydrogens (tertiary/aromatic N) is 3. The van der Waals surface area contributed by atoms with Gasteiger partial charge in [-0.1, -0.05) is 64.3 Å². The van der Waals surface area contributed by atoms with Gasteiger partial charge in [-0.25, -0.2) is 6.07 Å². The third-order valence-corrected chi connectivity index (χ3v) is 6.11. The molecule has 0 saturated heterocycles. The van der Waals surface area contributed by atoms with E-state index >= 15 is 0 Å². The van der Waals surface area contributed by atoms with Gasteiger partial charge in [0.05, 0.1) is 5.82 Å². The number of aromatic nitrogens is 3. The third-order valence-electron chi connectivity index (χ3n) is 6.11. The smallest absolute Gasteiger partial charge is 0.0748 e. The molecule has 0 saturated carbocycles. The predicted molar refractivity (Wildman–Crippen MR) is 159 cm³/mol. The number of rotatable bonds is 3. The molecule has 0 unspecified atom stereocenters. The predicted octanol–water partition coefficient (Wildman–Crippen LogP) is 7.68. The van der Waals surface area contributed by atoms with Crippen LogP contribution in [0, 0.1) is 24.3 Å². The van der Waals surface area contributed by atoms with Gasteiger partial charge in [0.25, 0.3) is 0 Å². The van der Waals surface area contributed by atoms with E-state index in [0.717, 1.165) is 39.2 Å². The number of hydrogen-bond donors (Lipinski definition) is 0. The molecule has 5 aromatic carbocycles. The summed E-state index contributed by atoms with van der Waals surface area (Å²) in [6.45, 7) is 0. The van der Waals surface area contributed by atoms with Crippen LogP contribution in [0.25, 0.3) is 55.3 Å². The van der Waals surface area contributed by atoms with E-state index in [1.165, 1.54) is 16.2 Å². The van der Waals surface area contributed by atoms with Gasteiger partial charge in [-0.15, -0.1) is 65.5 Å². The number of pyridine rings is 1. The standard InChI is InChI=1S/C25H14N.C10H7N2.B.Ir.Y/c1-2-9-23-18(6-1)11-12-19-13-14-21(17-24(19)23)20-7-5-8-22(16-20)25-10-3-4-15-26-25;1-2-5-9(6-3-1)10-11-7-4-8-12-10;;;/h1-7,9-15H;1-5,7-8H;;;/q-3;-1;;;. The molecule has 0 amide bonds. The maximum absolute atomic E-state index is 4.40. The van der Waals surface area contributed by atoms with E-state index in [1.807, 2.05) is 54.6 Å². The molecule has 6 heteroatoms. The van der Waals surface area contributed by atoms with Crippen LogP contribution in [0.3, 0.4) is 0 Å². The Morgan fingerprint density at radius 3 is 2.00 bits per heavy atom. The molecule has 195 valence electrons. The molecule has 0 spiro atoms. The molecule has 0 fully saturated rings. The minimum Gasteiger partial charge on any atom is -0.352 e. The number of benzene rings is 5. The SMILES string of the molecule is [B].[Ir].[Y].[c-]1ccc(-c2[c-]c3c(cc2)ccc2ccccc23)[c-]c1-c1ccccn1.[c-]1ccccc1-c1ncccn1. The van der Waals surface area contributed by atoms with Crippen molar-refractivity contribution in [2.75, 3.05) is 0 Å². The molecule has 0 bridgehead atoms. The van der Waals surface area contributed by atoms with E-state index in [9.17, 15) is 0 Å². The van der Waals surface area contributed by atoms with Crippen LogP contribution < -0.4 is 0 Å². The summed E-state index contributed by atoms with van der Waals surface area (Å²) in [5, 5.41) is 4.79. The first-order valence-electron chi connectivity index (χ1n) is 12.3. The van der Waals surface area contributed by atoms with Gasteiger partial charge >= 0.3 is 0 Å². The molecule has 2 aromatic heterocycles. The quantitative estimate of drug-likeness (QED) is 0.105. The van der Waals surface area contributed by atoms with E-state index in [4.69, 9.17) is 0 Å². The maximum Gasteiger partial charge on any atom is 0.0748 e. The van der Waals surface area contributed by atoms with Crippen LogP contribution in [-0.4, -0.2) is 23.4 Å². The van der Waals surface area contributed by atoms with Crippen molar-refractivity contribution < 1.29 is 52.8 Å². The van der Waals surface area contributed by atoms with Crippen LogP contribution in [-0.2, 0) is 52.8 Å². The molecule has 3 nitrogen and oxygen atoms in total. The summed E-state index contributed by atoms with van der Waals surface area (Å²) in [6, 6.07) is 49.6. The van der Waals surface area contributed by atoms with Crippen molar-refractivity contribution in [3.05, 3.63) is 152 Å². The zero-order chi connectivity index (χ0) is 25.6. The van der Waals surface area contributed by atoms with Crippen LogP contribution in [0.1, 0.15) is 0 Å². The summed E-state index contributed by atoms with van der Waals surface area (Å²) in [4.78, 5) is 12.6. The van der Waals surface area contributed by atoms with Crippen molar-refractivity contribution in [3.63, 3.8) is 0 Å². The molecular formula is C35H21BIrN3Y-4. The Morgan fingerprint density at radius 2 is 1.22 bits per heavy atom. The van der Waals surface area contributed by atoms with Crippen molar-refractivity contribution in [3.8, 4) is 33.8 Å². The maximum atomic E-state index is 4.40. The first-order chi connectivity index (χ1) is 18.8. The molecule has 0 N–H and O–H groups in total. The van der Waals surface area contributed by atoms with Gasteiger partial charge in [-0.3, -0.25) is 33.2 Å². The molecule has 7 rings (SSSR count). The van der Waals surface area contributed by atoms with E-state index in [2.05, 4.69) is 87.7 Å². The van der Waals surface area contributed by atoms with Crippen molar-refractivity contribution in [1.29, 1.82) is 0 Å². The normalized spacial score (nSPS) is 9.85. The molecular weight excluding hydrogens is 754 g/mol. The Kier molecular flexibility index (Phi) is 12.3. The Balaban J connectivity index is 0.000000263. The fourth-order valence-corrected chi connectivity index (χ4v) is 4.27. The molecule has 7 aromatic rings. The largest absolute Gasteiger partial charge is 0.352 e. The average molecular weight is 776 g/mol. The van der Waals surface area contributed by atoms with Crippen molar-refractivity contribution in [2.45, 2.75) is 0 Å². The zero-order valence-electron chi connectivity index (χ0n) is 22.0. The second-order valence-corrected chi connectivity index (χ2v) is 8.58. The third kappa shape index (κ3) is 7.70. The number of fused-ring (bicyclic) bond motifs is 3. The summed E-state index contributed by atoms with van der Waals surface area (Å²) < 4.78 is 0. The molecule has 5 radical (unpaired) electrons. The van der Waals surface area contributed by atoms with E-state index < -0.39 is 0 Å². The Hall–Kier alpha value is -3.33. The molecule has 41 heavy (non-hydrogen) atoms. The Bertz CT molecular complexity index is 1780. The van der Waals surface area contributed by atoms with Crippen molar-refractivity contribution in [2.24, 2.45) is 0 Å². The van der Waals surface area contributed by atoms with E-state index in [0.29, 0.717) is 0 Å². The summed E-state index contributed by atoms with van der Waals surface area (Å²) in [5.74, 6) is 0.720. The van der Waals surface area contributed by atoms with Gasteiger partial charge in [-0.2, -0.15) is 5.56 Å². The van der Waals surface area contributed by atoms with Crippen LogP contribution in [0.2, 0.25) is 0 Å². The first-order valence-corrected chi connectivity index (χ1v) is 12.3. The van der Waals surface area contributed by atoms with Crippen molar-refractivity contribution >= 4 is 30.0 Å². The second-order valence-electron chi connectivity index (χ2n) is 8.58. The van der Waals surface area contributed by atoms with Gasteiger partial charge in [0, 0.05) is 79.8 Å². The van der Waals surface area contributed by atoms with Crippen LogP contribution >= 0.6 is 0 Å². The zero-order valence-corrected chi connectivity index (χ0v) is 27.2. The van der Waals surface area contributed by atoms with Gasteiger partial charge in [0.2, 0.25) is 0 Å². The van der Waals surface area contributed by atoms with Crippen LogP contribution in [0.5, 0.6) is 0 Å². The van der Waals surface area contributed by atoms with Gasteiger partial charge in [-0.05, 0) is 12.1 Å². The topological polar surface area (TPSA) is 38.7 Å². The van der Waals surface area contributed by atoms with Gasteiger partial charge < -0.3 is 11.1 Å². The summed E-state index contributed by atoms with van der Waals surface area (Å²) >= 11 is 0. The van der Waals surface area contributed by atoms with Gasteiger partial charge in [0.1, 0.15) is 0 Å². The minimum absolute atomic E-state index is 0. The van der Waals surface area contributed by atoms with E-state index in [1.54, 1.807) is 24.7 Å². The van der Waals surface area contributed by atoms with Gasteiger partial charge in [0.15, 0.2) is 0 Å². The molecule has 2 heterocycles. The van der Waals surface area contributed by atoms with Crippen LogP contribution in [0.4, 0.5) is 0 Å². The molecule has 0 aliphatic carbocycles. The first kappa shape index (κ1) is 32.2. The fourth-order valence-electron chi connectivity index (χ4n) is 4.27. The average Bonchev–Trinajstić information content (AvgIpc) is 3.02.